The fourth-order valence-electron chi connectivity index (χ4n) is 2.93. The molecule has 1 heterocycles. The second kappa shape index (κ2) is 11.1. The Kier molecular flexibility index (Phi) is 9.13. The maximum Gasteiger partial charge on any atom is 0.408 e. The number of nitrogens with one attached hydrogen (secondary N) is 2. The van der Waals surface area contributed by atoms with Crippen LogP contribution in [0.1, 0.15) is 64.7 Å². The third-order valence-electron chi connectivity index (χ3n) is 5.81. The predicted molar refractivity (Wildman–Crippen MR) is 139 cm³/mol. The molecule has 2 N–H and O–H groups in total. The molecule has 0 aliphatic heterocycles. The van der Waals surface area contributed by atoms with E-state index in [1.54, 1.807) is 12.1 Å². The number of nitrogens with zero attached hydrogens (tertiary/aromatic N) is 1. The molecule has 0 fully saturated rings. The summed E-state index contributed by atoms with van der Waals surface area (Å²) in [5, 5.41) is 3.50. The summed E-state index contributed by atoms with van der Waals surface area (Å²) in [6.07, 6.45) is -0.536. The molecule has 9 heteroatoms. The molecule has 0 aliphatic carbocycles. The van der Waals surface area contributed by atoms with Crippen molar-refractivity contribution in [1.82, 2.24) is 15.3 Å². The molecule has 2 aromatic rings. The molecule has 7 nitrogen and oxygen atoms in total. The van der Waals surface area contributed by atoms with Crippen molar-refractivity contribution in [3.05, 3.63) is 62.8 Å². The number of H-pyrrole nitrogens is 1. The number of hydrogen-bond acceptors (Lipinski definition) is 5. The van der Waals surface area contributed by atoms with Gasteiger partial charge in [0, 0.05) is 36.1 Å². The summed E-state index contributed by atoms with van der Waals surface area (Å²) in [7, 11) is -1.91. The van der Waals surface area contributed by atoms with Crippen molar-refractivity contribution in [3.8, 4) is 0 Å². The first-order valence-electron chi connectivity index (χ1n) is 11.5. The van der Waals surface area contributed by atoms with E-state index in [-0.39, 0.29) is 10.6 Å². The number of rotatable bonds is 8. The fourth-order valence-corrected chi connectivity index (χ4v) is 4.10. The summed E-state index contributed by atoms with van der Waals surface area (Å²) in [6.45, 7) is 17.0. The summed E-state index contributed by atoms with van der Waals surface area (Å²) in [5.74, 6) is 0.300. The highest BCUT2D eigenvalue weighted by atomic mass is 35.5. The molecular formula is C25H38ClN3O4Si. The van der Waals surface area contributed by atoms with Crippen LogP contribution < -0.4 is 10.9 Å². The molecule has 1 amide bonds. The van der Waals surface area contributed by atoms with E-state index in [1.807, 2.05) is 32.9 Å². The van der Waals surface area contributed by atoms with Gasteiger partial charge in [0.25, 0.3) is 5.56 Å². The van der Waals surface area contributed by atoms with E-state index in [0.29, 0.717) is 36.0 Å². The van der Waals surface area contributed by atoms with Crippen LogP contribution in [0.3, 0.4) is 0 Å². The second-order valence-corrected chi connectivity index (χ2v) is 16.3. The van der Waals surface area contributed by atoms with Crippen molar-refractivity contribution in [2.45, 2.75) is 84.2 Å². The number of aromatic nitrogens is 2. The lowest BCUT2D eigenvalue weighted by Gasteiger charge is -2.36. The minimum Gasteiger partial charge on any atom is -0.438 e. The van der Waals surface area contributed by atoms with Crippen LogP contribution in [-0.2, 0) is 22.0 Å². The fraction of sp³-hybridized carbons (Fsp3) is 0.560. The molecule has 0 radical (unpaired) electrons. The molecule has 1 aromatic carbocycles. The van der Waals surface area contributed by atoms with E-state index < -0.39 is 26.1 Å². The maximum atomic E-state index is 12.5. The zero-order valence-electron chi connectivity index (χ0n) is 21.5. The van der Waals surface area contributed by atoms with E-state index >= 15 is 0 Å². The smallest absolute Gasteiger partial charge is 0.408 e. The van der Waals surface area contributed by atoms with Gasteiger partial charge in [-0.1, -0.05) is 44.5 Å². The van der Waals surface area contributed by atoms with Gasteiger partial charge in [-0.05, 0) is 56.6 Å². The molecule has 188 valence electrons. The van der Waals surface area contributed by atoms with Crippen LogP contribution in [0.5, 0.6) is 0 Å². The Hall–Kier alpha value is -2.16. The van der Waals surface area contributed by atoms with Gasteiger partial charge in [0.1, 0.15) is 0 Å². The predicted octanol–water partition coefficient (Wildman–Crippen LogP) is 5.80. The van der Waals surface area contributed by atoms with E-state index in [2.05, 4.69) is 49.1 Å². The van der Waals surface area contributed by atoms with Gasteiger partial charge in [0.05, 0.1) is 5.69 Å². The van der Waals surface area contributed by atoms with Gasteiger partial charge < -0.3 is 19.5 Å². The third kappa shape index (κ3) is 8.89. The van der Waals surface area contributed by atoms with E-state index in [4.69, 9.17) is 20.8 Å². The Morgan fingerprint density at radius 3 is 2.32 bits per heavy atom. The van der Waals surface area contributed by atoms with Crippen molar-refractivity contribution >= 4 is 26.0 Å². The van der Waals surface area contributed by atoms with Crippen LogP contribution in [0.2, 0.25) is 23.2 Å². The molecule has 34 heavy (non-hydrogen) atoms. The Bertz CT molecular complexity index is 1020. The second-order valence-electron chi connectivity index (χ2n) is 11.1. The van der Waals surface area contributed by atoms with Gasteiger partial charge in [-0.3, -0.25) is 4.79 Å². The van der Waals surface area contributed by atoms with Gasteiger partial charge in [-0.2, -0.15) is 0 Å². The normalized spacial score (nSPS) is 13.4. The number of amides is 1. The van der Waals surface area contributed by atoms with Crippen molar-refractivity contribution in [2.24, 2.45) is 0 Å². The molecule has 0 spiro atoms. The molecular weight excluding hydrogens is 470 g/mol. The highest BCUT2D eigenvalue weighted by molar-refractivity contribution is 6.74. The minimum absolute atomic E-state index is 0.0949. The van der Waals surface area contributed by atoms with E-state index in [0.717, 1.165) is 5.56 Å². The van der Waals surface area contributed by atoms with Crippen molar-refractivity contribution in [1.29, 1.82) is 0 Å². The largest absolute Gasteiger partial charge is 0.438 e. The Morgan fingerprint density at radius 2 is 1.76 bits per heavy atom. The van der Waals surface area contributed by atoms with Crippen LogP contribution in [-0.4, -0.2) is 36.5 Å². The van der Waals surface area contributed by atoms with Crippen LogP contribution in [0.15, 0.2) is 35.1 Å². The molecule has 0 saturated carbocycles. The number of aromatic amines is 1. The molecule has 0 unspecified atom stereocenters. The monoisotopic (exact) mass is 507 g/mol. The summed E-state index contributed by atoms with van der Waals surface area (Å²) in [5.41, 5.74) is 0.727. The number of carbonyl (C=O) groups is 1. The van der Waals surface area contributed by atoms with E-state index in [1.165, 1.54) is 6.07 Å². The number of alkyl carbamates (subject to hydrolysis) is 1. The van der Waals surface area contributed by atoms with Crippen molar-refractivity contribution in [3.63, 3.8) is 0 Å². The average Bonchev–Trinajstić information content (AvgIpc) is 2.66. The van der Waals surface area contributed by atoms with Crippen LogP contribution in [0, 0.1) is 0 Å². The molecule has 2 rings (SSSR count). The van der Waals surface area contributed by atoms with Gasteiger partial charge in [-0.15, -0.1) is 0 Å². The maximum absolute atomic E-state index is 12.5. The summed E-state index contributed by atoms with van der Waals surface area (Å²) in [4.78, 5) is 32.4. The number of benzene rings is 1. The molecule has 0 saturated heterocycles. The first kappa shape index (κ1) is 28.1. The van der Waals surface area contributed by atoms with Crippen LogP contribution in [0.25, 0.3) is 0 Å². The lowest BCUT2D eigenvalue weighted by Crippen LogP contribution is -2.41. The summed E-state index contributed by atoms with van der Waals surface area (Å²) in [6, 6.07) is 8.72. The van der Waals surface area contributed by atoms with Gasteiger partial charge in [0.2, 0.25) is 0 Å². The van der Waals surface area contributed by atoms with E-state index in [9.17, 15) is 9.59 Å². The Labute approximate surface area is 208 Å². The topological polar surface area (TPSA) is 93.3 Å². The Morgan fingerprint density at radius 1 is 1.15 bits per heavy atom. The first-order valence-corrected chi connectivity index (χ1v) is 14.8. The highest BCUT2D eigenvalue weighted by Gasteiger charge is 2.37. The zero-order valence-corrected chi connectivity index (χ0v) is 23.3. The van der Waals surface area contributed by atoms with Gasteiger partial charge in [0.15, 0.2) is 20.2 Å². The minimum atomic E-state index is -1.91. The average molecular weight is 508 g/mol. The Balaban J connectivity index is 2.26. The molecule has 0 bridgehead atoms. The standard InChI is InChI=1S/C25H38ClN3O4Si/c1-24(2,3)29-23(31)33-20(15-17-9-11-18(26)12-10-17)22-27-19(16-21(30)28-22)13-14-32-34(7,8)25(4,5)6/h9-12,16,20H,13-15H2,1-8H3,(H,29,31)(H,27,28,30)/t20-/m0/s1. The SMILES string of the molecule is CC(C)(C)NC(=O)O[C@@H](Cc1ccc(Cl)cc1)c1nc(CCO[Si](C)(C)C(C)(C)C)cc(=O)[nH]1. The third-order valence-corrected chi connectivity index (χ3v) is 10.6. The summed E-state index contributed by atoms with van der Waals surface area (Å²) >= 11 is 6.01. The number of ether oxygens (including phenoxy) is 1. The van der Waals surface area contributed by atoms with Crippen LogP contribution >= 0.6 is 11.6 Å². The van der Waals surface area contributed by atoms with Gasteiger partial charge >= 0.3 is 6.09 Å². The molecule has 1 aromatic heterocycles. The lowest BCUT2D eigenvalue weighted by molar-refractivity contribution is 0.0861. The molecule has 0 aliphatic rings. The summed E-state index contributed by atoms with van der Waals surface area (Å²) < 4.78 is 12.0. The zero-order chi connectivity index (χ0) is 25.7. The van der Waals surface area contributed by atoms with Crippen molar-refractivity contribution < 1.29 is 14.0 Å². The molecule has 1 atom stereocenters. The lowest BCUT2D eigenvalue weighted by atomic mass is 10.1. The number of hydrogen-bond donors (Lipinski definition) is 2. The van der Waals surface area contributed by atoms with Crippen molar-refractivity contribution in [2.75, 3.05) is 6.61 Å². The number of halogens is 1. The number of carbonyl (C=O) groups excluding carboxylic acids is 1. The highest BCUT2D eigenvalue weighted by Crippen LogP contribution is 2.36. The first-order chi connectivity index (χ1) is 15.6. The quantitative estimate of drug-likeness (QED) is 0.440. The van der Waals surface area contributed by atoms with Gasteiger partial charge in [-0.25, -0.2) is 9.78 Å². The van der Waals surface area contributed by atoms with Crippen LogP contribution in [0.4, 0.5) is 4.79 Å².